The van der Waals surface area contributed by atoms with Gasteiger partial charge in [-0.3, -0.25) is 18.7 Å². The van der Waals surface area contributed by atoms with Crippen LogP contribution in [-0.4, -0.2) is 37.3 Å². The number of carbonyl (C=O) groups is 1. The highest BCUT2D eigenvalue weighted by molar-refractivity contribution is 8.00. The monoisotopic (exact) mass is 427 g/mol. The number of fused-ring (bicyclic) bond motifs is 1. The van der Waals surface area contributed by atoms with E-state index in [1.54, 1.807) is 7.05 Å². The van der Waals surface area contributed by atoms with Crippen molar-refractivity contribution in [2.24, 2.45) is 14.1 Å². The van der Waals surface area contributed by atoms with Crippen LogP contribution in [0.1, 0.15) is 31.2 Å². The van der Waals surface area contributed by atoms with Crippen LogP contribution in [0.15, 0.2) is 44.9 Å². The Morgan fingerprint density at radius 1 is 1.10 bits per heavy atom. The van der Waals surface area contributed by atoms with Crippen molar-refractivity contribution in [3.63, 3.8) is 0 Å². The van der Waals surface area contributed by atoms with Crippen LogP contribution in [0.3, 0.4) is 0 Å². The van der Waals surface area contributed by atoms with Crippen molar-refractivity contribution in [1.82, 2.24) is 24.4 Å². The van der Waals surface area contributed by atoms with Crippen molar-refractivity contribution in [2.75, 3.05) is 12.3 Å². The number of benzene rings is 1. The van der Waals surface area contributed by atoms with Gasteiger partial charge in [-0.2, -0.15) is 0 Å². The van der Waals surface area contributed by atoms with Crippen LogP contribution in [-0.2, 0) is 25.3 Å². The lowest BCUT2D eigenvalue weighted by molar-refractivity contribution is -0.118. The number of aromatic nitrogens is 4. The molecule has 30 heavy (non-hydrogen) atoms. The summed E-state index contributed by atoms with van der Waals surface area (Å²) in [6.45, 7) is 4.40. The molecule has 2 aromatic heterocycles. The third kappa shape index (κ3) is 4.62. The number of nitrogens with one attached hydrogen (secondary N) is 1. The fraction of sp³-hybridized carbons (Fsp3) is 0.381. The SMILES string of the molecule is CC(C)c1nc(SCC(=O)NCCc2ccccc2)c2c(=O)n(C)c(=O)n(C)c2n1. The molecule has 0 saturated carbocycles. The Labute approximate surface area is 178 Å². The molecule has 0 bridgehead atoms. The van der Waals surface area contributed by atoms with Gasteiger partial charge in [0, 0.05) is 26.6 Å². The van der Waals surface area contributed by atoms with E-state index >= 15 is 0 Å². The molecule has 0 unspecified atom stereocenters. The third-order valence-electron chi connectivity index (χ3n) is 4.72. The molecule has 0 radical (unpaired) electrons. The molecule has 0 aliphatic heterocycles. The van der Waals surface area contributed by atoms with Gasteiger partial charge >= 0.3 is 5.69 Å². The van der Waals surface area contributed by atoms with Crippen molar-refractivity contribution in [3.8, 4) is 0 Å². The molecule has 158 valence electrons. The quantitative estimate of drug-likeness (QED) is 0.454. The van der Waals surface area contributed by atoms with Crippen molar-refractivity contribution in [1.29, 1.82) is 0 Å². The third-order valence-corrected chi connectivity index (χ3v) is 5.69. The summed E-state index contributed by atoms with van der Waals surface area (Å²) < 4.78 is 2.37. The Morgan fingerprint density at radius 2 is 1.80 bits per heavy atom. The minimum Gasteiger partial charge on any atom is -0.355 e. The first-order valence-corrected chi connectivity index (χ1v) is 10.7. The van der Waals surface area contributed by atoms with Gasteiger partial charge in [0.1, 0.15) is 16.2 Å². The molecule has 9 heteroatoms. The molecular weight excluding hydrogens is 402 g/mol. The van der Waals surface area contributed by atoms with E-state index < -0.39 is 11.2 Å². The maximum Gasteiger partial charge on any atom is 0.332 e. The lowest BCUT2D eigenvalue weighted by Gasteiger charge is -2.13. The minimum absolute atomic E-state index is 0.00705. The fourth-order valence-electron chi connectivity index (χ4n) is 2.98. The molecule has 2 heterocycles. The Kier molecular flexibility index (Phi) is 6.71. The summed E-state index contributed by atoms with van der Waals surface area (Å²) in [5.74, 6) is 0.505. The highest BCUT2D eigenvalue weighted by atomic mass is 32.2. The van der Waals surface area contributed by atoms with Gasteiger partial charge < -0.3 is 5.32 Å². The second kappa shape index (κ2) is 9.25. The summed E-state index contributed by atoms with van der Waals surface area (Å²) in [5, 5.41) is 3.56. The van der Waals surface area contributed by atoms with Crippen LogP contribution in [0.5, 0.6) is 0 Å². The Bertz CT molecular complexity index is 1190. The van der Waals surface area contributed by atoms with E-state index in [9.17, 15) is 14.4 Å². The summed E-state index contributed by atoms with van der Waals surface area (Å²) in [5.41, 5.74) is 0.526. The molecule has 8 nitrogen and oxygen atoms in total. The largest absolute Gasteiger partial charge is 0.355 e. The second-order valence-electron chi connectivity index (χ2n) is 7.32. The van der Waals surface area contributed by atoms with E-state index in [1.807, 2.05) is 44.2 Å². The van der Waals surface area contributed by atoms with Gasteiger partial charge in [-0.15, -0.1) is 0 Å². The molecule has 1 amide bonds. The van der Waals surface area contributed by atoms with Crippen LogP contribution >= 0.6 is 11.8 Å². The standard InChI is InChI=1S/C21H25N5O3S/c1-13(2)17-23-18-16(20(28)26(4)21(29)25(18)3)19(24-17)30-12-15(27)22-11-10-14-8-6-5-7-9-14/h5-9,13H,10-12H2,1-4H3,(H,22,27). The predicted molar refractivity (Wildman–Crippen MR) is 118 cm³/mol. The summed E-state index contributed by atoms with van der Waals surface area (Å²) in [6, 6.07) is 9.92. The number of rotatable bonds is 7. The second-order valence-corrected chi connectivity index (χ2v) is 8.28. The van der Waals surface area contributed by atoms with Crippen molar-refractivity contribution >= 4 is 28.7 Å². The van der Waals surface area contributed by atoms with Gasteiger partial charge in [0.05, 0.1) is 5.75 Å². The number of aryl methyl sites for hydroxylation is 1. The average molecular weight is 428 g/mol. The van der Waals surface area contributed by atoms with E-state index in [-0.39, 0.29) is 28.6 Å². The lowest BCUT2D eigenvalue weighted by atomic mass is 10.1. The van der Waals surface area contributed by atoms with E-state index in [0.29, 0.717) is 17.4 Å². The smallest absolute Gasteiger partial charge is 0.332 e. The van der Waals surface area contributed by atoms with Crippen LogP contribution in [0.4, 0.5) is 0 Å². The number of hydrogen-bond acceptors (Lipinski definition) is 6. The zero-order chi connectivity index (χ0) is 21.8. The van der Waals surface area contributed by atoms with E-state index in [1.165, 1.54) is 23.4 Å². The molecule has 3 rings (SSSR count). The van der Waals surface area contributed by atoms with Crippen LogP contribution in [0, 0.1) is 0 Å². The summed E-state index contributed by atoms with van der Waals surface area (Å²) >= 11 is 1.18. The van der Waals surface area contributed by atoms with Gasteiger partial charge in [0.2, 0.25) is 5.91 Å². The highest BCUT2D eigenvalue weighted by Crippen LogP contribution is 2.24. The minimum atomic E-state index is -0.463. The molecule has 0 fully saturated rings. The van der Waals surface area contributed by atoms with Crippen LogP contribution in [0.2, 0.25) is 0 Å². The zero-order valence-corrected chi connectivity index (χ0v) is 18.3. The summed E-state index contributed by atoms with van der Waals surface area (Å²) in [6.07, 6.45) is 0.744. The Morgan fingerprint density at radius 3 is 2.47 bits per heavy atom. The molecule has 0 saturated heterocycles. The molecule has 3 aromatic rings. The van der Waals surface area contributed by atoms with Gasteiger partial charge in [-0.05, 0) is 12.0 Å². The van der Waals surface area contributed by atoms with Crippen LogP contribution < -0.4 is 16.6 Å². The van der Waals surface area contributed by atoms with Crippen molar-refractivity contribution in [2.45, 2.75) is 31.2 Å². The Hall–Kier alpha value is -2.94. The fourth-order valence-corrected chi connectivity index (χ4v) is 3.83. The van der Waals surface area contributed by atoms with Crippen LogP contribution in [0.25, 0.3) is 11.0 Å². The van der Waals surface area contributed by atoms with Gasteiger partial charge in [0.15, 0.2) is 5.65 Å². The van der Waals surface area contributed by atoms with Gasteiger partial charge in [-0.1, -0.05) is 55.9 Å². The first-order valence-electron chi connectivity index (χ1n) is 9.70. The molecule has 0 aliphatic rings. The maximum absolute atomic E-state index is 12.7. The summed E-state index contributed by atoms with van der Waals surface area (Å²) in [4.78, 5) is 46.3. The number of thioether (sulfide) groups is 1. The van der Waals surface area contributed by atoms with Crippen molar-refractivity contribution in [3.05, 3.63) is 62.6 Å². The molecule has 0 atom stereocenters. The topological polar surface area (TPSA) is 98.9 Å². The predicted octanol–water partition coefficient (Wildman–Crippen LogP) is 1.60. The Balaban J connectivity index is 1.81. The van der Waals surface area contributed by atoms with Gasteiger partial charge in [0.25, 0.3) is 5.56 Å². The summed E-state index contributed by atoms with van der Waals surface area (Å²) in [7, 11) is 3.00. The average Bonchev–Trinajstić information content (AvgIpc) is 2.74. The molecular formula is C21H25N5O3S. The molecule has 0 aliphatic carbocycles. The molecule has 1 N–H and O–H groups in total. The lowest BCUT2D eigenvalue weighted by Crippen LogP contribution is -2.38. The molecule has 0 spiro atoms. The first kappa shape index (κ1) is 21.8. The van der Waals surface area contributed by atoms with E-state index in [2.05, 4.69) is 15.3 Å². The zero-order valence-electron chi connectivity index (χ0n) is 17.5. The highest BCUT2D eigenvalue weighted by Gasteiger charge is 2.19. The first-order chi connectivity index (χ1) is 14.3. The van der Waals surface area contributed by atoms with Gasteiger partial charge in [-0.25, -0.2) is 14.8 Å². The molecule has 1 aromatic carbocycles. The van der Waals surface area contributed by atoms with Crippen molar-refractivity contribution < 1.29 is 4.79 Å². The normalized spacial score (nSPS) is 11.2. The van der Waals surface area contributed by atoms with E-state index in [4.69, 9.17) is 0 Å². The number of amides is 1. The number of hydrogen-bond donors (Lipinski definition) is 1. The number of nitrogens with zero attached hydrogens (tertiary/aromatic N) is 4. The number of carbonyl (C=O) groups excluding carboxylic acids is 1. The van der Waals surface area contributed by atoms with E-state index in [0.717, 1.165) is 16.6 Å². The maximum atomic E-state index is 12.7.